The van der Waals surface area contributed by atoms with Crippen LogP contribution in [-0.4, -0.2) is 25.9 Å². The summed E-state index contributed by atoms with van der Waals surface area (Å²) in [5.41, 5.74) is 1.69. The second-order valence-corrected chi connectivity index (χ2v) is 6.84. The molecule has 0 saturated heterocycles. The summed E-state index contributed by atoms with van der Waals surface area (Å²) in [5, 5.41) is 1.86. The number of methoxy groups -OCH3 is 1. The van der Waals surface area contributed by atoms with E-state index in [0.717, 1.165) is 18.4 Å². The number of hydroxylamine groups is 1. The number of benzene rings is 1. The lowest BCUT2D eigenvalue weighted by atomic mass is 9.79. The van der Waals surface area contributed by atoms with E-state index in [9.17, 15) is 4.79 Å². The summed E-state index contributed by atoms with van der Waals surface area (Å²) < 4.78 is 10.7. The molecule has 4 rings (SSSR count). The van der Waals surface area contributed by atoms with Crippen LogP contribution in [0.25, 0.3) is 0 Å². The number of hydrogen-bond donors (Lipinski definition) is 0. The van der Waals surface area contributed by atoms with E-state index in [1.807, 2.05) is 6.07 Å². The van der Waals surface area contributed by atoms with Crippen molar-refractivity contribution >= 4 is 23.4 Å². The Morgan fingerprint density at radius 3 is 2.91 bits per heavy atom. The smallest absolute Gasteiger partial charge is 0.438 e. The number of ether oxygens (including phenoxy) is 2. The molecule has 0 radical (unpaired) electrons. The summed E-state index contributed by atoms with van der Waals surface area (Å²) in [6, 6.07) is 3.56. The molecule has 1 amide bonds. The van der Waals surface area contributed by atoms with Crippen molar-refractivity contribution in [3.8, 4) is 5.75 Å². The predicted molar refractivity (Wildman–Crippen MR) is 86.0 cm³/mol. The van der Waals surface area contributed by atoms with Crippen LogP contribution in [0.2, 0.25) is 5.02 Å². The molecule has 0 N–H and O–H groups in total. The molecule has 0 unspecified atom stereocenters. The van der Waals surface area contributed by atoms with E-state index in [-0.39, 0.29) is 12.0 Å². The van der Waals surface area contributed by atoms with Crippen LogP contribution in [0.4, 0.5) is 10.5 Å². The average molecular weight is 338 g/mol. The first kappa shape index (κ1) is 15.1. The molecule has 23 heavy (non-hydrogen) atoms. The molecule has 1 aromatic rings. The number of hydrogen-bond acceptors (Lipinski definition) is 4. The van der Waals surface area contributed by atoms with Crippen LogP contribution < -0.4 is 9.80 Å². The summed E-state index contributed by atoms with van der Waals surface area (Å²) in [6.07, 6.45) is 3.00. The minimum Gasteiger partial charge on any atom is -0.495 e. The fourth-order valence-electron chi connectivity index (χ4n) is 4.56. The van der Waals surface area contributed by atoms with Gasteiger partial charge in [0, 0.05) is 11.5 Å². The maximum absolute atomic E-state index is 12.3. The second-order valence-electron chi connectivity index (χ2n) is 6.44. The number of carbonyl (C=O) groups is 1. The van der Waals surface area contributed by atoms with Crippen LogP contribution in [0, 0.1) is 11.8 Å². The van der Waals surface area contributed by atoms with E-state index >= 15 is 0 Å². The lowest BCUT2D eigenvalue weighted by Gasteiger charge is -2.41. The summed E-state index contributed by atoms with van der Waals surface area (Å²) in [4.78, 5) is 18.4. The third-order valence-electron chi connectivity index (χ3n) is 5.38. The van der Waals surface area contributed by atoms with Crippen molar-refractivity contribution in [3.05, 3.63) is 22.7 Å². The fraction of sp³-hybridized carbons (Fsp3) is 0.588. The molecule has 1 heterocycles. The maximum Gasteiger partial charge on any atom is 0.438 e. The van der Waals surface area contributed by atoms with Gasteiger partial charge in [-0.1, -0.05) is 11.6 Å². The van der Waals surface area contributed by atoms with Gasteiger partial charge in [-0.05, 0) is 50.2 Å². The Labute approximate surface area is 140 Å². The van der Waals surface area contributed by atoms with E-state index in [1.54, 1.807) is 20.1 Å². The molecule has 124 valence electrons. The number of carbonyl (C=O) groups excluding carboxylic acids is 1. The van der Waals surface area contributed by atoms with Crippen molar-refractivity contribution in [1.82, 2.24) is 0 Å². The molecule has 0 spiro atoms. The number of halogens is 1. The van der Waals surface area contributed by atoms with Crippen LogP contribution in [0.5, 0.6) is 5.75 Å². The Hall–Kier alpha value is -1.46. The molecule has 0 aromatic heterocycles. The van der Waals surface area contributed by atoms with Crippen molar-refractivity contribution in [2.45, 2.75) is 38.2 Å². The highest BCUT2D eigenvalue weighted by atomic mass is 35.5. The highest BCUT2D eigenvalue weighted by Crippen LogP contribution is 2.60. The third kappa shape index (κ3) is 2.13. The SMILES string of the molecule is CCOC(=O)N1O[C@H]2[C@@H]3CC[C@@H](C3)[C@H]2c2c1ccc(Cl)c2OC. The topological polar surface area (TPSA) is 48.0 Å². The first-order valence-electron chi connectivity index (χ1n) is 8.15. The number of nitrogens with zero attached hydrogens (tertiary/aromatic N) is 1. The first-order chi connectivity index (χ1) is 11.2. The zero-order chi connectivity index (χ0) is 16.1. The Balaban J connectivity index is 1.85. The number of rotatable bonds is 2. The van der Waals surface area contributed by atoms with E-state index in [4.69, 9.17) is 25.9 Å². The number of anilines is 1. The van der Waals surface area contributed by atoms with Gasteiger partial charge in [0.1, 0.15) is 5.75 Å². The summed E-state index contributed by atoms with van der Waals surface area (Å²) in [5.74, 6) is 1.95. The van der Waals surface area contributed by atoms with Crippen LogP contribution in [0.15, 0.2) is 12.1 Å². The zero-order valence-electron chi connectivity index (χ0n) is 13.3. The van der Waals surface area contributed by atoms with Crippen LogP contribution in [0.1, 0.15) is 37.7 Å². The third-order valence-corrected chi connectivity index (χ3v) is 5.68. The molecule has 3 aliphatic rings. The van der Waals surface area contributed by atoms with Gasteiger partial charge in [-0.15, -0.1) is 0 Å². The molecule has 6 heteroatoms. The maximum atomic E-state index is 12.3. The lowest BCUT2D eigenvalue weighted by Crippen LogP contribution is -2.45. The van der Waals surface area contributed by atoms with Gasteiger partial charge >= 0.3 is 6.09 Å². The van der Waals surface area contributed by atoms with E-state index < -0.39 is 6.09 Å². The number of amides is 1. The van der Waals surface area contributed by atoms with Gasteiger partial charge in [0.25, 0.3) is 0 Å². The number of fused-ring (bicyclic) bond motifs is 7. The molecule has 4 atom stereocenters. The van der Waals surface area contributed by atoms with Gasteiger partial charge in [-0.3, -0.25) is 4.84 Å². The first-order valence-corrected chi connectivity index (χ1v) is 8.53. The van der Waals surface area contributed by atoms with Gasteiger partial charge in [0.15, 0.2) is 0 Å². The Morgan fingerprint density at radius 2 is 2.17 bits per heavy atom. The molecule has 1 aliphatic heterocycles. The van der Waals surface area contributed by atoms with E-state index in [1.165, 1.54) is 11.5 Å². The van der Waals surface area contributed by atoms with Crippen molar-refractivity contribution in [3.63, 3.8) is 0 Å². The fourth-order valence-corrected chi connectivity index (χ4v) is 4.80. The van der Waals surface area contributed by atoms with Crippen LogP contribution in [0.3, 0.4) is 0 Å². The average Bonchev–Trinajstić information content (AvgIpc) is 3.15. The predicted octanol–water partition coefficient (Wildman–Crippen LogP) is 4.14. The van der Waals surface area contributed by atoms with Crippen molar-refractivity contribution in [2.75, 3.05) is 18.8 Å². The molecule has 2 aliphatic carbocycles. The molecule has 2 saturated carbocycles. The largest absolute Gasteiger partial charge is 0.495 e. The molecule has 1 aromatic carbocycles. The highest BCUT2D eigenvalue weighted by Gasteiger charge is 2.55. The van der Waals surface area contributed by atoms with Crippen LogP contribution >= 0.6 is 11.6 Å². The summed E-state index contributed by atoms with van der Waals surface area (Å²) in [6.45, 7) is 2.09. The lowest BCUT2D eigenvalue weighted by molar-refractivity contribution is -0.0241. The molecule has 2 bridgehead atoms. The van der Waals surface area contributed by atoms with Crippen molar-refractivity contribution in [1.29, 1.82) is 0 Å². The second kappa shape index (κ2) is 5.56. The van der Waals surface area contributed by atoms with Crippen LogP contribution in [-0.2, 0) is 9.57 Å². The van der Waals surface area contributed by atoms with Gasteiger partial charge in [-0.2, -0.15) is 5.06 Å². The monoisotopic (exact) mass is 337 g/mol. The van der Waals surface area contributed by atoms with Gasteiger partial charge in [0.2, 0.25) is 0 Å². The Morgan fingerprint density at radius 1 is 1.39 bits per heavy atom. The minimum atomic E-state index is -0.487. The quantitative estimate of drug-likeness (QED) is 0.813. The molecular weight excluding hydrogens is 318 g/mol. The molecule has 2 fully saturated rings. The summed E-state index contributed by atoms with van der Waals surface area (Å²) >= 11 is 6.34. The van der Waals surface area contributed by atoms with Gasteiger partial charge in [-0.25, -0.2) is 4.79 Å². The summed E-state index contributed by atoms with van der Waals surface area (Å²) in [7, 11) is 1.62. The Kier molecular flexibility index (Phi) is 3.65. The van der Waals surface area contributed by atoms with Crippen molar-refractivity contribution in [2.24, 2.45) is 11.8 Å². The normalized spacial score (nSPS) is 30.8. The minimum absolute atomic E-state index is 0.00183. The molecular formula is C17H20ClNO4. The zero-order valence-corrected chi connectivity index (χ0v) is 14.0. The van der Waals surface area contributed by atoms with Crippen molar-refractivity contribution < 1.29 is 19.1 Å². The Bertz CT molecular complexity index is 650. The molecule has 5 nitrogen and oxygen atoms in total. The highest BCUT2D eigenvalue weighted by molar-refractivity contribution is 6.32. The van der Waals surface area contributed by atoms with Gasteiger partial charge < -0.3 is 9.47 Å². The van der Waals surface area contributed by atoms with Gasteiger partial charge in [0.05, 0.1) is 30.5 Å². The standard InChI is InChI=1S/C17H20ClNO4/c1-3-22-17(20)19-12-7-6-11(18)16(21-2)14(12)13-9-4-5-10(8-9)15(13)23-19/h6-7,9-10,13,15H,3-5,8H2,1-2H3/t9-,10+,13-,15-/m0/s1. The van der Waals surface area contributed by atoms with E-state index in [2.05, 4.69) is 0 Å². The van der Waals surface area contributed by atoms with E-state index in [0.29, 0.717) is 34.9 Å².